The van der Waals surface area contributed by atoms with Crippen LogP contribution in [-0.2, 0) is 17.8 Å². The highest BCUT2D eigenvalue weighted by Gasteiger charge is 2.33. The Balaban J connectivity index is 1.49. The molecule has 2 aromatic carbocycles. The quantitative estimate of drug-likeness (QED) is 0.582. The molecule has 1 aliphatic rings. The van der Waals surface area contributed by atoms with E-state index in [2.05, 4.69) is 35.8 Å². The average molecular weight is 404 g/mol. The van der Waals surface area contributed by atoms with Crippen LogP contribution in [0.1, 0.15) is 47.9 Å². The van der Waals surface area contributed by atoms with Crippen molar-refractivity contribution in [2.24, 2.45) is 0 Å². The molecule has 1 aromatic heterocycles. The van der Waals surface area contributed by atoms with E-state index in [4.69, 9.17) is 9.72 Å². The highest BCUT2D eigenvalue weighted by Crippen LogP contribution is 2.33. The van der Waals surface area contributed by atoms with E-state index in [1.165, 1.54) is 11.1 Å². The first-order chi connectivity index (χ1) is 14.7. The number of amides is 1. The van der Waals surface area contributed by atoms with Crippen molar-refractivity contribution in [2.45, 2.75) is 45.2 Å². The van der Waals surface area contributed by atoms with Crippen molar-refractivity contribution in [3.05, 3.63) is 83.4 Å². The number of methoxy groups -OCH3 is 1. The minimum atomic E-state index is 0.0558. The molecule has 1 saturated heterocycles. The maximum Gasteiger partial charge on any atom is 0.223 e. The topological polar surface area (TPSA) is 47.4 Å². The molecule has 5 nitrogen and oxygen atoms in total. The van der Waals surface area contributed by atoms with Crippen molar-refractivity contribution in [3.8, 4) is 5.75 Å². The number of rotatable bonds is 7. The van der Waals surface area contributed by atoms with E-state index in [-0.39, 0.29) is 11.9 Å². The van der Waals surface area contributed by atoms with E-state index in [0.29, 0.717) is 6.42 Å². The highest BCUT2D eigenvalue weighted by atomic mass is 16.5. The maximum atomic E-state index is 13.0. The zero-order valence-electron chi connectivity index (χ0n) is 17.8. The minimum Gasteiger partial charge on any atom is -0.497 e. The van der Waals surface area contributed by atoms with Crippen LogP contribution in [0.3, 0.4) is 0 Å². The van der Waals surface area contributed by atoms with Gasteiger partial charge in [0.05, 0.1) is 13.2 Å². The summed E-state index contributed by atoms with van der Waals surface area (Å²) >= 11 is 0. The number of carbonyl (C=O) groups excluding carboxylic acids is 1. The molecule has 1 fully saturated rings. The van der Waals surface area contributed by atoms with Gasteiger partial charge in [-0.05, 0) is 49.4 Å². The first kappa shape index (κ1) is 20.2. The third-order valence-corrected chi connectivity index (χ3v) is 5.93. The van der Waals surface area contributed by atoms with Crippen molar-refractivity contribution in [2.75, 3.05) is 13.7 Å². The summed E-state index contributed by atoms with van der Waals surface area (Å²) in [6, 6.07) is 18.4. The molecule has 0 aliphatic carbocycles. The molecular weight excluding hydrogens is 374 g/mol. The molecule has 1 unspecified atom stereocenters. The third kappa shape index (κ3) is 4.40. The van der Waals surface area contributed by atoms with Crippen molar-refractivity contribution in [1.29, 1.82) is 0 Å². The summed E-state index contributed by atoms with van der Waals surface area (Å²) in [7, 11) is 1.68. The summed E-state index contributed by atoms with van der Waals surface area (Å²) in [5.41, 5.74) is 3.51. The summed E-state index contributed by atoms with van der Waals surface area (Å²) in [5, 5.41) is 0. The van der Waals surface area contributed by atoms with Gasteiger partial charge in [-0.3, -0.25) is 4.79 Å². The number of aryl methyl sites for hydroxylation is 2. The van der Waals surface area contributed by atoms with E-state index in [1.807, 2.05) is 41.4 Å². The first-order valence-corrected chi connectivity index (χ1v) is 10.6. The molecule has 1 atom stereocenters. The van der Waals surface area contributed by atoms with Gasteiger partial charge in [-0.1, -0.05) is 42.5 Å². The molecule has 1 amide bonds. The van der Waals surface area contributed by atoms with Crippen LogP contribution in [0.2, 0.25) is 0 Å². The predicted molar refractivity (Wildman–Crippen MR) is 118 cm³/mol. The normalized spacial score (nSPS) is 16.1. The Kier molecular flexibility index (Phi) is 6.17. The first-order valence-electron chi connectivity index (χ1n) is 10.6. The Hall–Kier alpha value is -3.08. The molecule has 30 heavy (non-hydrogen) atoms. The van der Waals surface area contributed by atoms with Crippen LogP contribution in [-0.4, -0.2) is 34.0 Å². The third-order valence-electron chi connectivity index (χ3n) is 5.93. The fourth-order valence-electron chi connectivity index (χ4n) is 4.24. The van der Waals surface area contributed by atoms with Crippen LogP contribution in [0.25, 0.3) is 0 Å². The van der Waals surface area contributed by atoms with Gasteiger partial charge in [0.25, 0.3) is 0 Å². The van der Waals surface area contributed by atoms with Crippen LogP contribution < -0.4 is 4.74 Å². The fourth-order valence-corrected chi connectivity index (χ4v) is 4.24. The van der Waals surface area contributed by atoms with Crippen LogP contribution in [0.4, 0.5) is 0 Å². The van der Waals surface area contributed by atoms with Gasteiger partial charge in [0.2, 0.25) is 5.91 Å². The van der Waals surface area contributed by atoms with Gasteiger partial charge in [0.15, 0.2) is 0 Å². The van der Waals surface area contributed by atoms with E-state index < -0.39 is 0 Å². The lowest BCUT2D eigenvalue weighted by Crippen LogP contribution is -2.32. The Labute approximate surface area is 178 Å². The Morgan fingerprint density at radius 2 is 1.87 bits per heavy atom. The van der Waals surface area contributed by atoms with E-state index >= 15 is 0 Å². The van der Waals surface area contributed by atoms with Crippen molar-refractivity contribution >= 4 is 5.91 Å². The molecule has 156 valence electrons. The van der Waals surface area contributed by atoms with Crippen LogP contribution in [0.15, 0.2) is 60.8 Å². The number of hydrogen-bond acceptors (Lipinski definition) is 3. The van der Waals surface area contributed by atoms with E-state index in [9.17, 15) is 4.79 Å². The molecule has 2 heterocycles. The second-order valence-corrected chi connectivity index (χ2v) is 7.92. The zero-order valence-corrected chi connectivity index (χ0v) is 17.8. The Morgan fingerprint density at radius 1 is 1.10 bits per heavy atom. The van der Waals surface area contributed by atoms with Crippen molar-refractivity contribution < 1.29 is 9.53 Å². The van der Waals surface area contributed by atoms with Gasteiger partial charge < -0.3 is 14.2 Å². The van der Waals surface area contributed by atoms with Gasteiger partial charge in [0.1, 0.15) is 11.6 Å². The zero-order chi connectivity index (χ0) is 20.9. The Morgan fingerprint density at radius 3 is 2.60 bits per heavy atom. The summed E-state index contributed by atoms with van der Waals surface area (Å²) in [6.07, 6.45) is 5.23. The lowest BCUT2D eigenvalue weighted by molar-refractivity contribution is -0.132. The summed E-state index contributed by atoms with van der Waals surface area (Å²) in [4.78, 5) is 19.8. The van der Waals surface area contributed by atoms with Crippen molar-refractivity contribution in [1.82, 2.24) is 14.5 Å². The second kappa shape index (κ2) is 9.16. The van der Waals surface area contributed by atoms with Crippen LogP contribution in [0, 0.1) is 6.92 Å². The summed E-state index contributed by atoms with van der Waals surface area (Å²) in [6.45, 7) is 3.64. The number of imidazole rings is 1. The minimum absolute atomic E-state index is 0.0558. The molecular formula is C25H29N3O2. The molecule has 4 rings (SSSR count). The van der Waals surface area contributed by atoms with E-state index in [1.54, 1.807) is 7.11 Å². The van der Waals surface area contributed by atoms with Crippen LogP contribution >= 0.6 is 0 Å². The maximum absolute atomic E-state index is 13.0. The molecule has 1 aliphatic heterocycles. The number of nitrogens with zero attached hydrogens (tertiary/aromatic N) is 3. The number of ether oxygens (including phenoxy) is 1. The molecule has 5 heteroatoms. The highest BCUT2D eigenvalue weighted by molar-refractivity contribution is 5.77. The standard InChI is InChI=1S/C25H29N3O2/c1-19-17-26-25(28(19)18-21-10-13-22(30-2)14-11-21)23-9-6-16-27(23)24(29)15-12-20-7-4-3-5-8-20/h3-5,7-8,10-11,13-14,17,23H,6,9,12,15-16,18H2,1-2H3. The number of likely N-dealkylation sites (tertiary alicyclic amines) is 1. The number of aromatic nitrogens is 2. The molecule has 0 saturated carbocycles. The fraction of sp³-hybridized carbons (Fsp3) is 0.360. The number of hydrogen-bond donors (Lipinski definition) is 0. The lowest BCUT2D eigenvalue weighted by atomic mass is 10.1. The molecule has 3 aromatic rings. The van der Waals surface area contributed by atoms with Crippen LogP contribution in [0.5, 0.6) is 5.75 Å². The van der Waals surface area contributed by atoms with E-state index in [0.717, 1.165) is 49.6 Å². The largest absolute Gasteiger partial charge is 0.497 e. The smallest absolute Gasteiger partial charge is 0.223 e. The SMILES string of the molecule is COc1ccc(Cn2c(C)cnc2C2CCCN2C(=O)CCc2ccccc2)cc1. The van der Waals surface area contributed by atoms with Gasteiger partial charge in [0, 0.05) is 31.4 Å². The van der Waals surface area contributed by atoms with Gasteiger partial charge >= 0.3 is 0 Å². The summed E-state index contributed by atoms with van der Waals surface area (Å²) < 4.78 is 7.51. The monoisotopic (exact) mass is 403 g/mol. The van der Waals surface area contributed by atoms with Gasteiger partial charge in [-0.2, -0.15) is 0 Å². The number of benzene rings is 2. The average Bonchev–Trinajstić information content (AvgIpc) is 3.40. The molecule has 0 radical (unpaired) electrons. The molecule has 0 bridgehead atoms. The Bertz CT molecular complexity index is 979. The lowest BCUT2D eigenvalue weighted by Gasteiger charge is -2.25. The molecule has 0 N–H and O–H groups in total. The summed E-state index contributed by atoms with van der Waals surface area (Å²) in [5.74, 6) is 2.07. The van der Waals surface area contributed by atoms with Gasteiger partial charge in [-0.15, -0.1) is 0 Å². The second-order valence-electron chi connectivity index (χ2n) is 7.92. The van der Waals surface area contributed by atoms with Crippen molar-refractivity contribution in [3.63, 3.8) is 0 Å². The number of carbonyl (C=O) groups is 1. The molecule has 0 spiro atoms. The van der Waals surface area contributed by atoms with Gasteiger partial charge in [-0.25, -0.2) is 4.98 Å². The predicted octanol–water partition coefficient (Wildman–Crippen LogP) is 4.54.